The highest BCUT2D eigenvalue weighted by Crippen LogP contribution is 2.26. The summed E-state index contributed by atoms with van der Waals surface area (Å²) in [5.41, 5.74) is 0. The zero-order valence-corrected chi connectivity index (χ0v) is 11.5. The smallest absolute Gasteiger partial charge is 0.184 e. The average Bonchev–Trinajstić information content (AvgIpc) is 2.50. The van der Waals surface area contributed by atoms with Gasteiger partial charge in [-0.2, -0.15) is 0 Å². The minimum atomic E-state index is -1.33. The van der Waals surface area contributed by atoms with E-state index >= 15 is 0 Å². The summed E-state index contributed by atoms with van der Waals surface area (Å²) in [4.78, 5) is 0. The molecule has 1 aliphatic rings. The van der Waals surface area contributed by atoms with Gasteiger partial charge in [0.15, 0.2) is 6.29 Å². The van der Waals surface area contributed by atoms with Gasteiger partial charge in [0.05, 0.1) is 6.61 Å². The number of aliphatic hydroxyl groups is 2. The summed E-state index contributed by atoms with van der Waals surface area (Å²) in [6, 6.07) is 0. The van der Waals surface area contributed by atoms with E-state index in [2.05, 4.69) is 17.8 Å². The largest absolute Gasteiger partial charge is 0.394 e. The van der Waals surface area contributed by atoms with Crippen molar-refractivity contribution >= 4 is 0 Å². The van der Waals surface area contributed by atoms with Gasteiger partial charge in [0.1, 0.15) is 44.2 Å². The minimum Gasteiger partial charge on any atom is -0.394 e. The van der Waals surface area contributed by atoms with Crippen LogP contribution in [0.4, 0.5) is 0 Å². The molecule has 0 radical (unpaired) electrons. The third kappa shape index (κ3) is 4.74. The predicted molar refractivity (Wildman–Crippen MR) is 73.7 cm³/mol. The molecule has 1 heterocycles. The molecule has 0 aliphatic carbocycles. The van der Waals surface area contributed by atoms with Crippen molar-refractivity contribution in [2.45, 2.75) is 30.7 Å². The van der Waals surface area contributed by atoms with Crippen molar-refractivity contribution < 1.29 is 29.2 Å². The minimum absolute atomic E-state index is 0.0155. The SMILES string of the molecule is C#CCO[C@@H]1[C@H](OCC#C)[C@@H](O)O[C@H](CO)[C@H]1OCC#C. The van der Waals surface area contributed by atoms with Crippen LogP contribution in [-0.2, 0) is 18.9 Å². The maximum absolute atomic E-state index is 9.96. The molecule has 21 heavy (non-hydrogen) atoms. The van der Waals surface area contributed by atoms with Crippen molar-refractivity contribution in [3.05, 3.63) is 0 Å². The molecule has 0 aromatic heterocycles. The number of rotatable bonds is 7. The molecule has 0 unspecified atom stereocenters. The molecule has 6 nitrogen and oxygen atoms in total. The monoisotopic (exact) mass is 294 g/mol. The van der Waals surface area contributed by atoms with Crippen LogP contribution in [0.25, 0.3) is 0 Å². The van der Waals surface area contributed by atoms with E-state index in [0.29, 0.717) is 0 Å². The number of ether oxygens (including phenoxy) is 4. The summed E-state index contributed by atoms with van der Waals surface area (Å²) in [6.45, 7) is -0.476. The van der Waals surface area contributed by atoms with Gasteiger partial charge in [-0.25, -0.2) is 0 Å². The van der Waals surface area contributed by atoms with Gasteiger partial charge in [0, 0.05) is 0 Å². The van der Waals surface area contributed by atoms with Crippen molar-refractivity contribution in [3.8, 4) is 37.0 Å². The average molecular weight is 294 g/mol. The number of hydrogen-bond acceptors (Lipinski definition) is 6. The molecule has 2 N–H and O–H groups in total. The fraction of sp³-hybridized carbons (Fsp3) is 0.600. The van der Waals surface area contributed by atoms with E-state index in [0.717, 1.165) is 0 Å². The second kappa shape index (κ2) is 9.39. The number of terminal acetylenes is 3. The molecule has 6 heteroatoms. The molecule has 0 saturated carbocycles. The van der Waals surface area contributed by atoms with Crippen LogP contribution in [0.5, 0.6) is 0 Å². The summed E-state index contributed by atoms with van der Waals surface area (Å²) in [5, 5.41) is 19.3. The van der Waals surface area contributed by atoms with Gasteiger partial charge in [-0.1, -0.05) is 17.8 Å². The Balaban J connectivity index is 2.92. The molecule has 0 amide bonds. The summed E-state index contributed by atoms with van der Waals surface area (Å²) < 4.78 is 21.5. The van der Waals surface area contributed by atoms with Crippen LogP contribution >= 0.6 is 0 Å². The van der Waals surface area contributed by atoms with Crippen molar-refractivity contribution in [1.82, 2.24) is 0 Å². The van der Waals surface area contributed by atoms with Crippen LogP contribution in [0.1, 0.15) is 0 Å². The van der Waals surface area contributed by atoms with Gasteiger partial charge in [0.2, 0.25) is 0 Å². The van der Waals surface area contributed by atoms with E-state index in [4.69, 9.17) is 38.2 Å². The lowest BCUT2D eigenvalue weighted by molar-refractivity contribution is -0.305. The first kappa shape index (κ1) is 17.5. The van der Waals surface area contributed by atoms with Crippen LogP contribution < -0.4 is 0 Å². The van der Waals surface area contributed by atoms with Crippen molar-refractivity contribution in [3.63, 3.8) is 0 Å². The Labute approximate surface area is 124 Å². The Morgan fingerprint density at radius 1 is 0.857 bits per heavy atom. The highest BCUT2D eigenvalue weighted by atomic mass is 16.7. The molecule has 0 aromatic rings. The molecule has 0 spiro atoms. The molecule has 1 aliphatic heterocycles. The fourth-order valence-corrected chi connectivity index (χ4v) is 2.04. The maximum Gasteiger partial charge on any atom is 0.184 e. The molecule has 114 valence electrons. The van der Waals surface area contributed by atoms with E-state index in [9.17, 15) is 10.2 Å². The fourth-order valence-electron chi connectivity index (χ4n) is 2.04. The Morgan fingerprint density at radius 2 is 1.33 bits per heavy atom. The maximum atomic E-state index is 9.96. The first-order valence-electron chi connectivity index (χ1n) is 6.29. The van der Waals surface area contributed by atoms with Crippen molar-refractivity contribution in [2.24, 2.45) is 0 Å². The highest BCUT2D eigenvalue weighted by Gasteiger charge is 2.47. The van der Waals surface area contributed by atoms with Gasteiger partial charge in [-0.3, -0.25) is 0 Å². The van der Waals surface area contributed by atoms with Crippen LogP contribution in [0.3, 0.4) is 0 Å². The third-order valence-electron chi connectivity index (χ3n) is 2.87. The lowest BCUT2D eigenvalue weighted by atomic mass is 9.98. The summed E-state index contributed by atoms with van der Waals surface area (Å²) in [5.74, 6) is 6.92. The van der Waals surface area contributed by atoms with E-state index in [1.807, 2.05) is 0 Å². The molecule has 1 fully saturated rings. The van der Waals surface area contributed by atoms with Crippen molar-refractivity contribution in [2.75, 3.05) is 26.4 Å². The first-order valence-corrected chi connectivity index (χ1v) is 6.29. The molecular formula is C15H18O6. The second-order valence-corrected chi connectivity index (χ2v) is 4.19. The van der Waals surface area contributed by atoms with E-state index in [-0.39, 0.29) is 26.4 Å². The lowest BCUT2D eigenvalue weighted by Gasteiger charge is -2.43. The first-order chi connectivity index (χ1) is 10.2. The molecule has 1 rings (SSSR count). The molecule has 1 saturated heterocycles. The predicted octanol–water partition coefficient (Wildman–Crippen LogP) is -1.25. The van der Waals surface area contributed by atoms with Gasteiger partial charge in [-0.05, 0) is 0 Å². The second-order valence-electron chi connectivity index (χ2n) is 4.19. The zero-order valence-electron chi connectivity index (χ0n) is 11.5. The normalized spacial score (nSPS) is 31.9. The molecule has 0 bridgehead atoms. The van der Waals surface area contributed by atoms with E-state index in [1.54, 1.807) is 0 Å². The van der Waals surface area contributed by atoms with Crippen molar-refractivity contribution in [1.29, 1.82) is 0 Å². The lowest BCUT2D eigenvalue weighted by Crippen LogP contribution is -2.61. The Kier molecular flexibility index (Phi) is 7.82. The van der Waals surface area contributed by atoms with Crippen LogP contribution in [0.15, 0.2) is 0 Å². The number of hydrogen-bond donors (Lipinski definition) is 2. The molecule has 5 atom stereocenters. The summed E-state index contributed by atoms with van der Waals surface area (Å²) in [6.07, 6.45) is 10.9. The van der Waals surface area contributed by atoms with Crippen LogP contribution in [0.2, 0.25) is 0 Å². The zero-order chi connectivity index (χ0) is 15.7. The standard InChI is InChI=1S/C15H18O6/c1-4-7-18-12-11(10-16)21-15(17)14(20-9-6-3)13(12)19-8-5-2/h1-3,11-17H,7-10H2/t11-,12-,13+,14+,15+/m1/s1. The highest BCUT2D eigenvalue weighted by molar-refractivity contribution is 4.96. The Morgan fingerprint density at radius 3 is 1.81 bits per heavy atom. The molecule has 0 aromatic carbocycles. The quantitative estimate of drug-likeness (QED) is 0.572. The van der Waals surface area contributed by atoms with Gasteiger partial charge in [-0.15, -0.1) is 19.3 Å². The summed E-state index contributed by atoms with van der Waals surface area (Å²) >= 11 is 0. The van der Waals surface area contributed by atoms with E-state index < -0.39 is 30.7 Å². The Bertz CT molecular complexity index is 429. The third-order valence-corrected chi connectivity index (χ3v) is 2.87. The van der Waals surface area contributed by atoms with Gasteiger partial charge >= 0.3 is 0 Å². The van der Waals surface area contributed by atoms with Crippen LogP contribution in [0, 0.1) is 37.0 Å². The van der Waals surface area contributed by atoms with Gasteiger partial charge < -0.3 is 29.2 Å². The topological polar surface area (TPSA) is 77.4 Å². The van der Waals surface area contributed by atoms with E-state index in [1.165, 1.54) is 0 Å². The Hall–Kier alpha value is -1.56. The molecular weight excluding hydrogens is 276 g/mol. The number of aliphatic hydroxyl groups excluding tert-OH is 2. The summed E-state index contributed by atoms with van der Waals surface area (Å²) in [7, 11) is 0. The van der Waals surface area contributed by atoms with Gasteiger partial charge in [0.25, 0.3) is 0 Å². The van der Waals surface area contributed by atoms with Crippen LogP contribution in [-0.4, -0.2) is 67.3 Å².